The van der Waals surface area contributed by atoms with Crippen molar-refractivity contribution in [2.24, 2.45) is 29.6 Å². The molecule has 11 atom stereocenters. The summed E-state index contributed by atoms with van der Waals surface area (Å²) in [7, 11) is 0. The zero-order valence-electron chi connectivity index (χ0n) is 19.9. The SMILES string of the molecule is CC1CCC(C2CCC(C3CC(F)C(C(F)(F)OC4CC(F)C(F)[C@@H](F)C4)C(F)C3)C(F)C2)OC1. The van der Waals surface area contributed by atoms with E-state index >= 15 is 4.39 Å². The third-order valence-corrected chi connectivity index (χ3v) is 8.75. The van der Waals surface area contributed by atoms with Gasteiger partial charge in [-0.2, -0.15) is 8.78 Å². The van der Waals surface area contributed by atoms with Crippen LogP contribution in [0.25, 0.3) is 0 Å². The van der Waals surface area contributed by atoms with Crippen molar-refractivity contribution in [3.05, 3.63) is 0 Å². The Morgan fingerprint density at radius 3 is 1.83 bits per heavy atom. The van der Waals surface area contributed by atoms with Crippen LogP contribution in [0.2, 0.25) is 0 Å². The van der Waals surface area contributed by atoms with Crippen molar-refractivity contribution >= 4 is 0 Å². The first-order valence-corrected chi connectivity index (χ1v) is 13.0. The summed E-state index contributed by atoms with van der Waals surface area (Å²) < 4.78 is 125. The normalized spacial score (nSPS) is 50.1. The van der Waals surface area contributed by atoms with Gasteiger partial charge in [-0.05, 0) is 68.6 Å². The van der Waals surface area contributed by atoms with E-state index in [2.05, 4.69) is 11.7 Å². The van der Waals surface area contributed by atoms with Crippen LogP contribution >= 0.6 is 0 Å². The molecule has 0 aromatic heterocycles. The van der Waals surface area contributed by atoms with Gasteiger partial charge in [0.05, 0.1) is 12.2 Å². The van der Waals surface area contributed by atoms with Gasteiger partial charge in [0, 0.05) is 19.4 Å². The molecule has 0 N–H and O–H groups in total. The van der Waals surface area contributed by atoms with Crippen LogP contribution in [-0.4, -0.2) is 62.0 Å². The lowest BCUT2D eigenvalue weighted by Crippen LogP contribution is -2.52. The molecule has 4 fully saturated rings. The molecule has 10 heteroatoms. The predicted octanol–water partition coefficient (Wildman–Crippen LogP) is 7.04. The molecule has 2 nitrogen and oxygen atoms in total. The summed E-state index contributed by atoms with van der Waals surface area (Å²) in [5.41, 5.74) is 0. The highest BCUT2D eigenvalue weighted by molar-refractivity contribution is 4.97. The van der Waals surface area contributed by atoms with Gasteiger partial charge in [-0.1, -0.05) is 6.92 Å². The smallest absolute Gasteiger partial charge is 0.364 e. The molecule has 3 saturated carbocycles. The molecular formula is C25H36F8O2. The second-order valence-corrected chi connectivity index (χ2v) is 11.3. The number of hydrogen-bond acceptors (Lipinski definition) is 2. The molecule has 0 bridgehead atoms. The predicted molar refractivity (Wildman–Crippen MR) is 114 cm³/mol. The van der Waals surface area contributed by atoms with Gasteiger partial charge in [0.25, 0.3) is 0 Å². The Labute approximate surface area is 201 Å². The fourth-order valence-corrected chi connectivity index (χ4v) is 6.76. The molecular weight excluding hydrogens is 484 g/mol. The van der Waals surface area contributed by atoms with Crippen molar-refractivity contribution in [1.82, 2.24) is 0 Å². The maximum absolute atomic E-state index is 15.1. The molecule has 35 heavy (non-hydrogen) atoms. The average Bonchev–Trinajstić information content (AvgIpc) is 2.76. The Morgan fingerprint density at radius 1 is 0.686 bits per heavy atom. The minimum absolute atomic E-state index is 0.0138. The quantitative estimate of drug-likeness (QED) is 0.362. The summed E-state index contributed by atoms with van der Waals surface area (Å²) >= 11 is 0. The van der Waals surface area contributed by atoms with Crippen molar-refractivity contribution in [3.63, 3.8) is 0 Å². The van der Waals surface area contributed by atoms with Gasteiger partial charge in [-0.25, -0.2) is 26.3 Å². The van der Waals surface area contributed by atoms with Gasteiger partial charge < -0.3 is 9.47 Å². The second kappa shape index (κ2) is 11.0. The summed E-state index contributed by atoms with van der Waals surface area (Å²) in [5.74, 6) is -3.27. The molecule has 0 radical (unpaired) electrons. The molecule has 1 aliphatic heterocycles. The summed E-state index contributed by atoms with van der Waals surface area (Å²) in [6.45, 7) is 2.74. The Hall–Kier alpha value is -0.640. The zero-order valence-corrected chi connectivity index (χ0v) is 19.9. The Kier molecular flexibility index (Phi) is 8.61. The van der Waals surface area contributed by atoms with Crippen LogP contribution in [0.4, 0.5) is 35.1 Å². The molecule has 3 aliphatic carbocycles. The molecule has 10 unspecified atom stereocenters. The third kappa shape index (κ3) is 6.10. The molecule has 1 heterocycles. The number of halogens is 8. The summed E-state index contributed by atoms with van der Waals surface area (Å²) in [5, 5.41) is 0. The molecule has 4 rings (SSSR count). The zero-order chi connectivity index (χ0) is 25.5. The van der Waals surface area contributed by atoms with Crippen molar-refractivity contribution < 1.29 is 44.6 Å². The molecule has 0 aromatic rings. The highest BCUT2D eigenvalue weighted by Gasteiger charge is 2.57. The van der Waals surface area contributed by atoms with Gasteiger partial charge in [0.1, 0.15) is 36.8 Å². The lowest BCUT2D eigenvalue weighted by molar-refractivity contribution is -0.323. The highest BCUT2D eigenvalue weighted by Crippen LogP contribution is 2.50. The van der Waals surface area contributed by atoms with Crippen molar-refractivity contribution in [2.45, 2.75) is 120 Å². The van der Waals surface area contributed by atoms with Gasteiger partial charge in [-0.3, -0.25) is 0 Å². The number of alkyl halides is 8. The largest absolute Gasteiger partial charge is 0.378 e. The van der Waals surface area contributed by atoms with E-state index < -0.39 is 92.7 Å². The first-order valence-electron chi connectivity index (χ1n) is 13.0. The van der Waals surface area contributed by atoms with E-state index in [9.17, 15) is 30.7 Å². The minimum Gasteiger partial charge on any atom is -0.378 e. The lowest BCUT2D eigenvalue weighted by Gasteiger charge is -2.45. The Bertz CT molecular complexity index is 666. The van der Waals surface area contributed by atoms with Crippen molar-refractivity contribution in [3.8, 4) is 0 Å². The monoisotopic (exact) mass is 520 g/mol. The van der Waals surface area contributed by atoms with Crippen LogP contribution in [0.15, 0.2) is 0 Å². The summed E-state index contributed by atoms with van der Waals surface area (Å²) in [6.07, 6.45) is -18.2. The standard InChI is InChI=1S/C25H36F8O2/c1-12-2-5-22(34-11-12)13-3-4-16(17(26)6-13)14-7-18(27)23(19(28)8-14)25(32,33)35-15-9-20(29)24(31)21(30)10-15/h12-24H,2-11H2,1H3/t12?,13?,14?,15?,16?,17?,18?,19?,20-,21?,22?,23?,24?/m0/s1. The van der Waals surface area contributed by atoms with Gasteiger partial charge in [0.2, 0.25) is 0 Å². The van der Waals surface area contributed by atoms with Crippen LogP contribution < -0.4 is 0 Å². The van der Waals surface area contributed by atoms with E-state index in [0.29, 0.717) is 25.4 Å². The topological polar surface area (TPSA) is 18.5 Å². The molecule has 1 saturated heterocycles. The van der Waals surface area contributed by atoms with E-state index in [1.807, 2.05) is 0 Å². The van der Waals surface area contributed by atoms with Gasteiger partial charge in [-0.15, -0.1) is 0 Å². The van der Waals surface area contributed by atoms with Crippen LogP contribution in [0.5, 0.6) is 0 Å². The van der Waals surface area contributed by atoms with Crippen LogP contribution in [0.1, 0.15) is 64.7 Å². The van der Waals surface area contributed by atoms with E-state index in [1.165, 1.54) is 0 Å². The number of ether oxygens (including phenoxy) is 2. The molecule has 0 amide bonds. The van der Waals surface area contributed by atoms with E-state index in [4.69, 9.17) is 4.74 Å². The maximum Gasteiger partial charge on any atom is 0.364 e. The summed E-state index contributed by atoms with van der Waals surface area (Å²) in [4.78, 5) is 0. The fourth-order valence-electron chi connectivity index (χ4n) is 6.76. The molecule has 0 spiro atoms. The molecule has 0 aromatic carbocycles. The lowest BCUT2D eigenvalue weighted by atomic mass is 9.66. The first-order chi connectivity index (χ1) is 16.5. The highest BCUT2D eigenvalue weighted by atomic mass is 19.3. The van der Waals surface area contributed by atoms with Crippen LogP contribution in [0.3, 0.4) is 0 Å². The second-order valence-electron chi connectivity index (χ2n) is 11.3. The molecule has 4 aliphatic rings. The van der Waals surface area contributed by atoms with Gasteiger partial charge >= 0.3 is 6.11 Å². The average molecular weight is 521 g/mol. The third-order valence-electron chi connectivity index (χ3n) is 8.75. The van der Waals surface area contributed by atoms with E-state index in [0.717, 1.165) is 12.8 Å². The van der Waals surface area contributed by atoms with Crippen molar-refractivity contribution in [2.75, 3.05) is 6.61 Å². The van der Waals surface area contributed by atoms with Crippen molar-refractivity contribution in [1.29, 1.82) is 0 Å². The Balaban J connectivity index is 1.32. The minimum atomic E-state index is -4.32. The summed E-state index contributed by atoms with van der Waals surface area (Å²) in [6, 6.07) is 0. The number of hydrogen-bond donors (Lipinski definition) is 0. The van der Waals surface area contributed by atoms with Crippen LogP contribution in [-0.2, 0) is 9.47 Å². The Morgan fingerprint density at radius 2 is 1.29 bits per heavy atom. The first kappa shape index (κ1) is 27.4. The van der Waals surface area contributed by atoms with E-state index in [-0.39, 0.29) is 18.4 Å². The fraction of sp³-hybridized carbons (Fsp3) is 1.00. The van der Waals surface area contributed by atoms with Crippen LogP contribution in [0, 0.1) is 29.6 Å². The van der Waals surface area contributed by atoms with E-state index in [1.54, 1.807) is 0 Å². The maximum atomic E-state index is 15.1. The van der Waals surface area contributed by atoms with Gasteiger partial charge in [0.15, 0.2) is 6.17 Å². The number of rotatable bonds is 5. The molecule has 204 valence electrons.